The van der Waals surface area contributed by atoms with Crippen LogP contribution in [0.4, 0.5) is 0 Å². The summed E-state index contributed by atoms with van der Waals surface area (Å²) in [6.45, 7) is 0.128. The van der Waals surface area contributed by atoms with Crippen molar-refractivity contribution in [1.29, 1.82) is 5.26 Å². The molecule has 0 fully saturated rings. The van der Waals surface area contributed by atoms with Crippen LogP contribution in [0.1, 0.15) is 21.9 Å². The fourth-order valence-electron chi connectivity index (χ4n) is 1.39. The van der Waals surface area contributed by atoms with E-state index >= 15 is 0 Å². The molecule has 18 heavy (non-hydrogen) atoms. The van der Waals surface area contributed by atoms with E-state index < -0.39 is 0 Å². The molecule has 0 aliphatic heterocycles. The van der Waals surface area contributed by atoms with Crippen molar-refractivity contribution in [3.63, 3.8) is 0 Å². The Kier molecular flexibility index (Phi) is 3.66. The molecule has 0 saturated heterocycles. The quantitative estimate of drug-likeness (QED) is 0.793. The third-order valence-electron chi connectivity index (χ3n) is 2.23. The van der Waals surface area contributed by atoms with Gasteiger partial charge in [-0.25, -0.2) is 0 Å². The van der Waals surface area contributed by atoms with Gasteiger partial charge in [-0.15, -0.1) is 0 Å². The zero-order valence-electron chi connectivity index (χ0n) is 9.22. The maximum atomic E-state index is 10.4. The van der Waals surface area contributed by atoms with Crippen LogP contribution in [0.3, 0.4) is 0 Å². The van der Waals surface area contributed by atoms with Gasteiger partial charge in [0.05, 0.1) is 5.56 Å². The van der Waals surface area contributed by atoms with Crippen LogP contribution in [0.25, 0.3) is 0 Å². The number of aldehydes is 1. The van der Waals surface area contributed by atoms with E-state index in [1.165, 1.54) is 0 Å². The SMILES string of the molecule is N#Cc1ccc(Cl)cc1OCc1ccc(C=O)o1. The Morgan fingerprint density at radius 2 is 2.22 bits per heavy atom. The second kappa shape index (κ2) is 5.39. The average Bonchev–Trinajstić information content (AvgIpc) is 2.84. The molecule has 1 heterocycles. The average molecular weight is 262 g/mol. The standard InChI is InChI=1S/C13H8ClNO3/c14-10-2-1-9(6-15)13(5-10)17-8-12-4-3-11(7-16)18-12/h1-5,7H,8H2. The Bertz CT molecular complexity index is 613. The van der Waals surface area contributed by atoms with Crippen LogP contribution >= 0.6 is 11.6 Å². The first-order chi connectivity index (χ1) is 8.72. The Hall–Kier alpha value is -2.25. The van der Waals surface area contributed by atoms with Crippen LogP contribution < -0.4 is 4.74 Å². The van der Waals surface area contributed by atoms with Gasteiger partial charge < -0.3 is 9.15 Å². The molecule has 5 heteroatoms. The minimum Gasteiger partial charge on any atom is -0.484 e. The number of nitrogens with zero attached hydrogens (tertiary/aromatic N) is 1. The van der Waals surface area contributed by atoms with Crippen molar-refractivity contribution in [2.45, 2.75) is 6.61 Å². The zero-order valence-corrected chi connectivity index (χ0v) is 9.98. The molecule has 0 radical (unpaired) electrons. The number of hydrogen-bond donors (Lipinski definition) is 0. The van der Waals surface area contributed by atoms with Gasteiger partial charge in [-0.05, 0) is 24.3 Å². The number of hydrogen-bond acceptors (Lipinski definition) is 4. The molecule has 4 nitrogen and oxygen atoms in total. The Labute approximate surface area is 108 Å². The van der Waals surface area contributed by atoms with Crippen molar-refractivity contribution >= 4 is 17.9 Å². The lowest BCUT2D eigenvalue weighted by Gasteiger charge is -2.06. The van der Waals surface area contributed by atoms with Crippen LogP contribution in [-0.2, 0) is 6.61 Å². The highest BCUT2D eigenvalue weighted by Gasteiger charge is 2.06. The molecular weight excluding hydrogens is 254 g/mol. The molecule has 0 saturated carbocycles. The summed E-state index contributed by atoms with van der Waals surface area (Å²) in [4.78, 5) is 10.4. The third kappa shape index (κ3) is 2.70. The summed E-state index contributed by atoms with van der Waals surface area (Å²) in [5, 5.41) is 9.39. The normalized spacial score (nSPS) is 9.78. The van der Waals surface area contributed by atoms with Gasteiger partial charge in [0.2, 0.25) is 0 Å². The van der Waals surface area contributed by atoms with E-state index in [9.17, 15) is 4.79 Å². The maximum Gasteiger partial charge on any atom is 0.185 e. The third-order valence-corrected chi connectivity index (χ3v) is 2.47. The molecule has 0 aliphatic rings. The molecule has 90 valence electrons. The number of carbonyl (C=O) groups is 1. The largest absolute Gasteiger partial charge is 0.484 e. The van der Waals surface area contributed by atoms with E-state index in [1.807, 2.05) is 6.07 Å². The van der Waals surface area contributed by atoms with Crippen molar-refractivity contribution < 1.29 is 13.9 Å². The molecular formula is C13H8ClNO3. The highest BCUT2D eigenvalue weighted by atomic mass is 35.5. The van der Waals surface area contributed by atoms with E-state index in [-0.39, 0.29) is 12.4 Å². The topological polar surface area (TPSA) is 63.2 Å². The van der Waals surface area contributed by atoms with Gasteiger partial charge in [0.15, 0.2) is 12.0 Å². The van der Waals surface area contributed by atoms with Crippen molar-refractivity contribution in [1.82, 2.24) is 0 Å². The zero-order chi connectivity index (χ0) is 13.0. The van der Waals surface area contributed by atoms with E-state index in [0.717, 1.165) is 0 Å². The minimum atomic E-state index is 0.128. The highest BCUT2D eigenvalue weighted by molar-refractivity contribution is 6.30. The van der Waals surface area contributed by atoms with Crippen molar-refractivity contribution in [3.05, 3.63) is 52.4 Å². The lowest BCUT2D eigenvalue weighted by Crippen LogP contribution is -1.96. The first-order valence-corrected chi connectivity index (χ1v) is 5.47. The van der Waals surface area contributed by atoms with E-state index in [2.05, 4.69) is 0 Å². The summed E-state index contributed by atoms with van der Waals surface area (Å²) >= 11 is 5.82. The molecule has 0 atom stereocenters. The molecule has 1 aromatic carbocycles. The lowest BCUT2D eigenvalue weighted by atomic mass is 10.2. The minimum absolute atomic E-state index is 0.128. The van der Waals surface area contributed by atoms with E-state index in [1.54, 1.807) is 30.3 Å². The highest BCUT2D eigenvalue weighted by Crippen LogP contribution is 2.23. The van der Waals surface area contributed by atoms with Crippen molar-refractivity contribution in [2.24, 2.45) is 0 Å². The number of rotatable bonds is 4. The van der Waals surface area contributed by atoms with Crippen molar-refractivity contribution in [2.75, 3.05) is 0 Å². The van der Waals surface area contributed by atoms with Gasteiger partial charge in [-0.2, -0.15) is 5.26 Å². The summed E-state index contributed by atoms with van der Waals surface area (Å²) in [7, 11) is 0. The fraction of sp³-hybridized carbons (Fsp3) is 0.0769. The molecule has 0 aliphatic carbocycles. The van der Waals surface area contributed by atoms with Crippen LogP contribution in [0.15, 0.2) is 34.7 Å². The predicted octanol–water partition coefficient (Wildman–Crippen LogP) is 3.20. The number of nitriles is 1. The van der Waals surface area contributed by atoms with Crippen LogP contribution in [0.2, 0.25) is 5.02 Å². The lowest BCUT2D eigenvalue weighted by molar-refractivity contribution is 0.109. The molecule has 0 spiro atoms. The molecule has 2 aromatic rings. The van der Waals surface area contributed by atoms with E-state index in [4.69, 9.17) is 26.0 Å². The van der Waals surface area contributed by atoms with Gasteiger partial charge in [-0.1, -0.05) is 11.6 Å². The van der Waals surface area contributed by atoms with Gasteiger partial charge in [0.1, 0.15) is 24.2 Å². The molecule has 0 N–H and O–H groups in total. The molecule has 2 rings (SSSR count). The monoisotopic (exact) mass is 261 g/mol. The first kappa shape index (κ1) is 12.2. The summed E-state index contributed by atoms with van der Waals surface area (Å²) in [6.07, 6.45) is 0.615. The maximum absolute atomic E-state index is 10.4. The fourth-order valence-corrected chi connectivity index (χ4v) is 1.55. The van der Waals surface area contributed by atoms with Gasteiger partial charge >= 0.3 is 0 Å². The number of halogens is 1. The summed E-state index contributed by atoms with van der Waals surface area (Å²) < 4.78 is 10.6. The Morgan fingerprint density at radius 3 is 2.89 bits per heavy atom. The second-order valence-electron chi connectivity index (χ2n) is 3.46. The number of ether oxygens (including phenoxy) is 1. The molecule has 0 bridgehead atoms. The number of carbonyl (C=O) groups excluding carboxylic acids is 1. The Morgan fingerprint density at radius 1 is 1.39 bits per heavy atom. The van der Waals surface area contributed by atoms with E-state index in [0.29, 0.717) is 28.4 Å². The predicted molar refractivity (Wildman–Crippen MR) is 64.6 cm³/mol. The first-order valence-electron chi connectivity index (χ1n) is 5.09. The number of benzene rings is 1. The van der Waals surface area contributed by atoms with Crippen LogP contribution in [0.5, 0.6) is 5.75 Å². The molecule has 0 amide bonds. The molecule has 0 unspecified atom stereocenters. The smallest absolute Gasteiger partial charge is 0.185 e. The van der Waals surface area contributed by atoms with Crippen LogP contribution in [-0.4, -0.2) is 6.29 Å². The number of furan rings is 1. The molecule has 1 aromatic heterocycles. The van der Waals surface area contributed by atoms with Gasteiger partial charge in [0.25, 0.3) is 0 Å². The van der Waals surface area contributed by atoms with Gasteiger partial charge in [-0.3, -0.25) is 4.79 Å². The Balaban J connectivity index is 2.12. The summed E-state index contributed by atoms with van der Waals surface area (Å²) in [6, 6.07) is 9.95. The second-order valence-corrected chi connectivity index (χ2v) is 3.90. The van der Waals surface area contributed by atoms with Gasteiger partial charge in [0, 0.05) is 11.1 Å². The summed E-state index contributed by atoms with van der Waals surface area (Å²) in [5.41, 5.74) is 0.390. The summed E-state index contributed by atoms with van der Waals surface area (Å²) in [5.74, 6) is 1.12. The van der Waals surface area contributed by atoms with Crippen molar-refractivity contribution in [3.8, 4) is 11.8 Å². The van der Waals surface area contributed by atoms with Crippen LogP contribution in [0, 0.1) is 11.3 Å².